The zero-order valence-electron chi connectivity index (χ0n) is 14.0. The molecule has 0 unspecified atom stereocenters. The van der Waals surface area contributed by atoms with E-state index in [1.807, 2.05) is 19.2 Å². The maximum atomic E-state index is 12.1. The zero-order valence-corrected chi connectivity index (χ0v) is 14.8. The number of hydrogen-bond acceptors (Lipinski definition) is 4. The standard InChI is InChI=1S/C16H26N4O2S/c1-10(15-19-11(2)9-23-15)8-18-16(22)20-13-7-5-4-6-12(13)14(21)17-3/h9-10,12-13H,4-8H2,1-3H3,(H,17,21)(H2,18,20,22)/t10-,12+,13-/m0/s1. The average molecular weight is 338 g/mol. The number of thiazole rings is 1. The molecule has 1 aromatic rings. The van der Waals surface area contributed by atoms with Crippen LogP contribution < -0.4 is 16.0 Å². The first kappa shape index (κ1) is 17.7. The lowest BCUT2D eigenvalue weighted by Crippen LogP contribution is -2.51. The highest BCUT2D eigenvalue weighted by Gasteiger charge is 2.31. The fourth-order valence-corrected chi connectivity index (χ4v) is 3.81. The van der Waals surface area contributed by atoms with E-state index in [9.17, 15) is 9.59 Å². The van der Waals surface area contributed by atoms with Gasteiger partial charge in [-0.25, -0.2) is 9.78 Å². The number of rotatable bonds is 5. The first-order valence-corrected chi connectivity index (χ1v) is 9.07. The molecule has 7 heteroatoms. The largest absolute Gasteiger partial charge is 0.359 e. The molecule has 0 bridgehead atoms. The molecular weight excluding hydrogens is 312 g/mol. The lowest BCUT2D eigenvalue weighted by Gasteiger charge is -2.31. The van der Waals surface area contributed by atoms with Gasteiger partial charge in [0, 0.05) is 36.6 Å². The molecule has 1 fully saturated rings. The van der Waals surface area contributed by atoms with Gasteiger partial charge in [-0.05, 0) is 19.8 Å². The highest BCUT2D eigenvalue weighted by Crippen LogP contribution is 2.24. The van der Waals surface area contributed by atoms with Crippen LogP contribution in [0.2, 0.25) is 0 Å². The third-order valence-electron chi connectivity index (χ3n) is 4.29. The summed E-state index contributed by atoms with van der Waals surface area (Å²) in [5.41, 5.74) is 1.01. The van der Waals surface area contributed by atoms with Crippen molar-refractivity contribution in [1.29, 1.82) is 0 Å². The van der Waals surface area contributed by atoms with E-state index in [0.717, 1.165) is 36.4 Å². The number of urea groups is 1. The normalized spacial score (nSPS) is 22.2. The first-order chi connectivity index (χ1) is 11.0. The van der Waals surface area contributed by atoms with Crippen LogP contribution >= 0.6 is 11.3 Å². The summed E-state index contributed by atoms with van der Waals surface area (Å²) >= 11 is 1.62. The van der Waals surface area contributed by atoms with Crippen molar-refractivity contribution in [1.82, 2.24) is 20.9 Å². The SMILES string of the molecule is CNC(=O)[C@@H]1CCCC[C@@H]1NC(=O)NC[C@H](C)c1nc(C)cs1. The van der Waals surface area contributed by atoms with Crippen LogP contribution in [-0.4, -0.2) is 36.6 Å². The van der Waals surface area contributed by atoms with Crippen molar-refractivity contribution in [3.05, 3.63) is 16.1 Å². The summed E-state index contributed by atoms with van der Waals surface area (Å²) in [4.78, 5) is 28.5. The second-order valence-corrected chi connectivity index (χ2v) is 7.08. The smallest absolute Gasteiger partial charge is 0.315 e. The Morgan fingerprint density at radius 1 is 1.39 bits per heavy atom. The summed E-state index contributed by atoms with van der Waals surface area (Å²) < 4.78 is 0. The summed E-state index contributed by atoms with van der Waals surface area (Å²) in [6.45, 7) is 4.55. The predicted molar refractivity (Wildman–Crippen MR) is 91.6 cm³/mol. The third-order valence-corrected chi connectivity index (χ3v) is 5.49. The molecule has 0 saturated heterocycles. The number of hydrogen-bond donors (Lipinski definition) is 3. The summed E-state index contributed by atoms with van der Waals surface area (Å²) in [7, 11) is 1.64. The molecule has 0 aromatic carbocycles. The van der Waals surface area contributed by atoms with E-state index < -0.39 is 0 Å². The van der Waals surface area contributed by atoms with Gasteiger partial charge in [-0.2, -0.15) is 0 Å². The van der Waals surface area contributed by atoms with Crippen molar-refractivity contribution in [3.8, 4) is 0 Å². The van der Waals surface area contributed by atoms with Gasteiger partial charge in [0.15, 0.2) is 0 Å². The number of aryl methyl sites for hydroxylation is 1. The molecule has 3 amide bonds. The van der Waals surface area contributed by atoms with Gasteiger partial charge in [-0.1, -0.05) is 19.8 Å². The van der Waals surface area contributed by atoms with E-state index >= 15 is 0 Å². The maximum Gasteiger partial charge on any atom is 0.315 e. The molecular formula is C16H26N4O2S. The molecule has 1 aromatic heterocycles. The molecule has 6 nitrogen and oxygen atoms in total. The molecule has 23 heavy (non-hydrogen) atoms. The molecule has 1 heterocycles. The maximum absolute atomic E-state index is 12.1. The van der Waals surface area contributed by atoms with Gasteiger partial charge in [0.25, 0.3) is 0 Å². The summed E-state index contributed by atoms with van der Waals surface area (Å²) in [5, 5.41) is 11.6. The number of carbonyl (C=O) groups excluding carboxylic acids is 2. The number of aromatic nitrogens is 1. The fourth-order valence-electron chi connectivity index (χ4n) is 2.95. The summed E-state index contributed by atoms with van der Waals surface area (Å²) in [6.07, 6.45) is 3.78. The van der Waals surface area contributed by atoms with E-state index in [4.69, 9.17) is 0 Å². The predicted octanol–water partition coefficient (Wildman–Crippen LogP) is 2.16. The van der Waals surface area contributed by atoms with Crippen LogP contribution in [0.3, 0.4) is 0 Å². The van der Waals surface area contributed by atoms with Crippen molar-refractivity contribution < 1.29 is 9.59 Å². The van der Waals surface area contributed by atoms with Crippen molar-refractivity contribution in [2.75, 3.05) is 13.6 Å². The lowest BCUT2D eigenvalue weighted by molar-refractivity contribution is -0.126. The Hall–Kier alpha value is -1.63. The van der Waals surface area contributed by atoms with E-state index in [1.54, 1.807) is 18.4 Å². The van der Waals surface area contributed by atoms with Crippen LogP contribution in [0.1, 0.15) is 49.2 Å². The highest BCUT2D eigenvalue weighted by molar-refractivity contribution is 7.09. The Balaban J connectivity index is 1.82. The fraction of sp³-hybridized carbons (Fsp3) is 0.688. The first-order valence-electron chi connectivity index (χ1n) is 8.19. The van der Waals surface area contributed by atoms with Gasteiger partial charge in [0.05, 0.1) is 10.9 Å². The average Bonchev–Trinajstić information content (AvgIpc) is 2.99. The van der Waals surface area contributed by atoms with Crippen LogP contribution in [0.25, 0.3) is 0 Å². The molecule has 2 rings (SSSR count). The Bertz CT molecular complexity index is 546. The van der Waals surface area contributed by atoms with Gasteiger partial charge in [-0.3, -0.25) is 4.79 Å². The van der Waals surface area contributed by atoms with Crippen LogP contribution in [0.4, 0.5) is 4.79 Å². The van der Waals surface area contributed by atoms with Crippen LogP contribution in [-0.2, 0) is 4.79 Å². The van der Waals surface area contributed by atoms with Gasteiger partial charge in [-0.15, -0.1) is 11.3 Å². The second-order valence-electron chi connectivity index (χ2n) is 6.19. The van der Waals surface area contributed by atoms with Gasteiger partial charge in [0.1, 0.15) is 0 Å². The monoisotopic (exact) mass is 338 g/mol. The molecule has 1 aliphatic carbocycles. The minimum absolute atomic E-state index is 0.0154. The van der Waals surface area contributed by atoms with E-state index in [-0.39, 0.29) is 29.8 Å². The zero-order chi connectivity index (χ0) is 16.8. The molecule has 1 aliphatic rings. The van der Waals surface area contributed by atoms with E-state index in [0.29, 0.717) is 6.54 Å². The third kappa shape index (κ3) is 4.92. The van der Waals surface area contributed by atoms with E-state index in [1.165, 1.54) is 0 Å². The highest BCUT2D eigenvalue weighted by atomic mass is 32.1. The molecule has 128 valence electrons. The topological polar surface area (TPSA) is 83.1 Å². The van der Waals surface area contributed by atoms with Crippen molar-refractivity contribution >= 4 is 23.3 Å². The minimum Gasteiger partial charge on any atom is -0.359 e. The van der Waals surface area contributed by atoms with Crippen LogP contribution in [0.5, 0.6) is 0 Å². The van der Waals surface area contributed by atoms with Crippen molar-refractivity contribution in [3.63, 3.8) is 0 Å². The van der Waals surface area contributed by atoms with Crippen molar-refractivity contribution in [2.24, 2.45) is 5.92 Å². The number of carbonyl (C=O) groups is 2. The minimum atomic E-state index is -0.203. The Morgan fingerprint density at radius 3 is 2.78 bits per heavy atom. The molecule has 0 aliphatic heterocycles. The van der Waals surface area contributed by atoms with Gasteiger partial charge >= 0.3 is 6.03 Å². The molecule has 3 atom stereocenters. The Labute approximate surface area is 141 Å². The van der Waals surface area contributed by atoms with E-state index in [2.05, 4.69) is 20.9 Å². The van der Waals surface area contributed by atoms with Crippen LogP contribution in [0.15, 0.2) is 5.38 Å². The Kier molecular flexibility index (Phi) is 6.38. The van der Waals surface area contributed by atoms with Crippen molar-refractivity contribution in [2.45, 2.75) is 51.5 Å². The molecule has 3 N–H and O–H groups in total. The van der Waals surface area contributed by atoms with Gasteiger partial charge in [0.2, 0.25) is 5.91 Å². The Morgan fingerprint density at radius 2 is 2.13 bits per heavy atom. The summed E-state index contributed by atoms with van der Waals surface area (Å²) in [6, 6.07) is -0.285. The number of nitrogens with zero attached hydrogens (tertiary/aromatic N) is 1. The lowest BCUT2D eigenvalue weighted by atomic mass is 9.84. The molecule has 0 spiro atoms. The quantitative estimate of drug-likeness (QED) is 0.769. The number of nitrogens with one attached hydrogen (secondary N) is 3. The number of amides is 3. The molecule has 1 saturated carbocycles. The van der Waals surface area contributed by atoms with Gasteiger partial charge < -0.3 is 16.0 Å². The van der Waals surface area contributed by atoms with Crippen LogP contribution in [0, 0.1) is 12.8 Å². The summed E-state index contributed by atoms with van der Waals surface area (Å²) in [5.74, 6) is 0.0701. The second kappa shape index (κ2) is 8.29. The molecule has 0 radical (unpaired) electrons.